The molecule has 36 heavy (non-hydrogen) atoms. The lowest BCUT2D eigenvalue weighted by atomic mass is 9.66. The third kappa shape index (κ3) is 4.73. The van der Waals surface area contributed by atoms with E-state index in [0.717, 1.165) is 19.5 Å². The number of thioether (sulfide) groups is 1. The van der Waals surface area contributed by atoms with Crippen LogP contribution in [-0.2, 0) is 23.9 Å². The van der Waals surface area contributed by atoms with Crippen molar-refractivity contribution in [1.29, 1.82) is 0 Å². The van der Waals surface area contributed by atoms with Gasteiger partial charge in [-0.3, -0.25) is 19.3 Å². The minimum absolute atomic E-state index is 0.0639. The van der Waals surface area contributed by atoms with Gasteiger partial charge in [-0.25, -0.2) is 0 Å². The number of carbonyl (C=O) groups excluding carboxylic acids is 3. The highest BCUT2D eigenvalue weighted by molar-refractivity contribution is 8.02. The number of β-amino-alcohol motifs (C(OH)–C–C–N with tert-alkyl or cyclic N) is 1. The van der Waals surface area contributed by atoms with Gasteiger partial charge in [0.05, 0.1) is 43.0 Å². The van der Waals surface area contributed by atoms with Crippen LogP contribution in [0.2, 0.25) is 0 Å². The van der Waals surface area contributed by atoms with E-state index >= 15 is 0 Å². The van der Waals surface area contributed by atoms with Crippen molar-refractivity contribution in [3.8, 4) is 0 Å². The molecule has 200 valence electrons. The number of aliphatic hydroxyl groups is 1. The van der Waals surface area contributed by atoms with Crippen LogP contribution in [0.15, 0.2) is 25.3 Å². The molecule has 0 radical (unpaired) electrons. The number of ether oxygens (including phenoxy) is 2. The first-order chi connectivity index (χ1) is 17.3. The summed E-state index contributed by atoms with van der Waals surface area (Å²) in [5, 5.41) is 9.80. The normalized spacial score (nSPS) is 33.4. The molecular weight excluding hydrogens is 482 g/mol. The van der Waals surface area contributed by atoms with Gasteiger partial charge in [-0.05, 0) is 26.2 Å². The maximum absolute atomic E-state index is 14.2. The summed E-state index contributed by atoms with van der Waals surface area (Å²) in [5.74, 6) is -1.99. The maximum atomic E-state index is 14.2. The number of fused-ring (bicyclic) bond motifs is 1. The number of morpholine rings is 1. The largest absolute Gasteiger partial charge is 0.465 e. The van der Waals surface area contributed by atoms with E-state index in [4.69, 9.17) is 9.47 Å². The fourth-order valence-corrected chi connectivity index (χ4v) is 8.79. The molecule has 2 bridgehead atoms. The maximum Gasteiger partial charge on any atom is 0.311 e. The van der Waals surface area contributed by atoms with E-state index in [1.54, 1.807) is 28.8 Å². The summed E-state index contributed by atoms with van der Waals surface area (Å²) >= 11 is 1.61. The van der Waals surface area contributed by atoms with Crippen LogP contribution in [0.3, 0.4) is 0 Å². The predicted molar refractivity (Wildman–Crippen MR) is 137 cm³/mol. The molecular formula is C26H39N3O6S. The highest BCUT2D eigenvalue weighted by Gasteiger charge is 2.77. The van der Waals surface area contributed by atoms with E-state index in [1.165, 1.54) is 4.90 Å². The van der Waals surface area contributed by atoms with Crippen molar-refractivity contribution < 1.29 is 29.0 Å². The minimum atomic E-state index is -0.732. The molecule has 4 aliphatic heterocycles. The number of carbonyl (C=O) groups is 3. The fraction of sp³-hybridized carbons (Fsp3) is 0.731. The number of nitrogens with zero attached hydrogens (tertiary/aromatic N) is 3. The summed E-state index contributed by atoms with van der Waals surface area (Å²) in [5.41, 5.74) is 0. The molecule has 1 N–H and O–H groups in total. The van der Waals surface area contributed by atoms with E-state index in [9.17, 15) is 19.5 Å². The number of rotatable bonds is 12. The molecule has 0 aromatic heterocycles. The molecule has 4 aliphatic rings. The molecule has 0 aromatic carbocycles. The zero-order valence-electron chi connectivity index (χ0n) is 21.2. The number of aliphatic hydroxyl groups excluding tert-OH is 1. The first kappa shape index (κ1) is 27.2. The zero-order chi connectivity index (χ0) is 25.9. The van der Waals surface area contributed by atoms with Crippen molar-refractivity contribution in [2.24, 2.45) is 11.8 Å². The highest BCUT2D eigenvalue weighted by atomic mass is 32.2. The number of hydrogen-bond acceptors (Lipinski definition) is 8. The van der Waals surface area contributed by atoms with E-state index < -0.39 is 27.4 Å². The SMILES string of the molecule is C=CCCOC(=O)[C@@H]1[C@H]2C(=O)N(CCO)C(C(=O)N(CC=C)CCN3CCOCC3)C23CC[C@@]1(C)S3. The van der Waals surface area contributed by atoms with Gasteiger partial charge in [0, 0.05) is 44.0 Å². The van der Waals surface area contributed by atoms with Crippen LogP contribution in [0.5, 0.6) is 0 Å². The average molecular weight is 522 g/mol. The van der Waals surface area contributed by atoms with Crippen molar-refractivity contribution >= 4 is 29.5 Å². The molecule has 0 saturated carbocycles. The zero-order valence-corrected chi connectivity index (χ0v) is 22.0. The monoisotopic (exact) mass is 521 g/mol. The summed E-state index contributed by atoms with van der Waals surface area (Å²) in [6.07, 6.45) is 5.35. The summed E-state index contributed by atoms with van der Waals surface area (Å²) < 4.78 is 9.81. The summed E-state index contributed by atoms with van der Waals surface area (Å²) in [4.78, 5) is 46.8. The van der Waals surface area contributed by atoms with Gasteiger partial charge in [-0.15, -0.1) is 24.9 Å². The van der Waals surface area contributed by atoms with Crippen LogP contribution in [0, 0.1) is 11.8 Å². The number of hydrogen-bond donors (Lipinski definition) is 1. The second-order valence-electron chi connectivity index (χ2n) is 10.3. The highest BCUT2D eigenvalue weighted by Crippen LogP contribution is 2.71. The number of esters is 1. The lowest BCUT2D eigenvalue weighted by molar-refractivity contribution is -0.155. The summed E-state index contributed by atoms with van der Waals surface area (Å²) in [6, 6.07) is -0.732. The molecule has 4 fully saturated rings. The van der Waals surface area contributed by atoms with Gasteiger partial charge >= 0.3 is 5.97 Å². The second-order valence-corrected chi connectivity index (χ2v) is 12.2. The number of amides is 2. The van der Waals surface area contributed by atoms with Gasteiger partial charge in [0.2, 0.25) is 11.8 Å². The van der Waals surface area contributed by atoms with Crippen molar-refractivity contribution in [3.05, 3.63) is 25.3 Å². The first-order valence-electron chi connectivity index (χ1n) is 12.9. The third-order valence-electron chi connectivity index (χ3n) is 8.12. The lowest BCUT2D eigenvalue weighted by Crippen LogP contribution is -2.56. The van der Waals surface area contributed by atoms with Crippen molar-refractivity contribution in [3.63, 3.8) is 0 Å². The van der Waals surface area contributed by atoms with E-state index in [0.29, 0.717) is 45.7 Å². The van der Waals surface area contributed by atoms with E-state index in [2.05, 4.69) is 18.1 Å². The van der Waals surface area contributed by atoms with Gasteiger partial charge in [0.15, 0.2) is 0 Å². The molecule has 10 heteroatoms. The Hall–Kier alpha value is -1.88. The standard InChI is InChI=1S/C26H39N3O6S/c1-4-6-16-35-24(33)20-19-22(31)29(12-15-30)21(26(19)8-7-25(20,3)36-26)23(32)28(9-5-2)11-10-27-13-17-34-18-14-27/h4-5,19-21,30H,1-2,6-18H2,3H3/t19-,20-,21?,25+,26?/m0/s1. The van der Waals surface area contributed by atoms with E-state index in [1.807, 2.05) is 6.92 Å². The average Bonchev–Trinajstić information content (AvgIpc) is 3.43. The first-order valence-corrected chi connectivity index (χ1v) is 13.7. The van der Waals surface area contributed by atoms with Crippen LogP contribution in [-0.4, -0.2) is 119 Å². The summed E-state index contributed by atoms with van der Waals surface area (Å²) in [7, 11) is 0. The minimum Gasteiger partial charge on any atom is -0.465 e. The molecule has 5 atom stereocenters. The van der Waals surface area contributed by atoms with Crippen LogP contribution >= 0.6 is 11.8 Å². The fourth-order valence-electron chi connectivity index (χ4n) is 6.45. The molecule has 4 rings (SSSR count). The van der Waals surface area contributed by atoms with Gasteiger partial charge in [-0.1, -0.05) is 12.2 Å². The molecule has 2 unspecified atom stereocenters. The van der Waals surface area contributed by atoms with Crippen LogP contribution in [0.1, 0.15) is 26.2 Å². The molecule has 0 aliphatic carbocycles. The van der Waals surface area contributed by atoms with Gasteiger partial charge in [-0.2, -0.15) is 0 Å². The predicted octanol–water partition coefficient (Wildman–Crippen LogP) is 0.926. The Balaban J connectivity index is 1.61. The topological polar surface area (TPSA) is 99.6 Å². The lowest BCUT2D eigenvalue weighted by Gasteiger charge is -2.38. The van der Waals surface area contributed by atoms with Gasteiger partial charge < -0.3 is 24.4 Å². The molecule has 0 aromatic rings. The third-order valence-corrected chi connectivity index (χ3v) is 10.1. The Morgan fingerprint density at radius 3 is 2.67 bits per heavy atom. The molecule has 1 spiro atoms. The van der Waals surface area contributed by atoms with Crippen LogP contribution in [0.4, 0.5) is 0 Å². The molecule has 2 amide bonds. The van der Waals surface area contributed by atoms with Gasteiger partial charge in [0.1, 0.15) is 6.04 Å². The second kappa shape index (κ2) is 11.2. The van der Waals surface area contributed by atoms with Gasteiger partial charge in [0.25, 0.3) is 0 Å². The smallest absolute Gasteiger partial charge is 0.311 e. The molecule has 9 nitrogen and oxygen atoms in total. The number of likely N-dealkylation sites (tertiary alicyclic amines) is 1. The van der Waals surface area contributed by atoms with Crippen LogP contribution < -0.4 is 0 Å². The van der Waals surface area contributed by atoms with E-state index in [-0.39, 0.29) is 37.5 Å². The Bertz CT molecular complexity index is 880. The quantitative estimate of drug-likeness (QED) is 0.230. The Labute approximate surface area is 217 Å². The Morgan fingerprint density at radius 2 is 2.00 bits per heavy atom. The van der Waals surface area contributed by atoms with Crippen LogP contribution in [0.25, 0.3) is 0 Å². The Morgan fingerprint density at radius 1 is 1.25 bits per heavy atom. The Kier molecular flexibility index (Phi) is 8.49. The van der Waals surface area contributed by atoms with Crippen molar-refractivity contribution in [2.75, 3.05) is 65.7 Å². The van der Waals surface area contributed by atoms with Crippen molar-refractivity contribution in [1.82, 2.24) is 14.7 Å². The molecule has 4 heterocycles. The molecule has 4 saturated heterocycles. The summed E-state index contributed by atoms with van der Waals surface area (Å²) in [6.45, 7) is 14.2. The van der Waals surface area contributed by atoms with Crippen molar-refractivity contribution in [2.45, 2.75) is 41.7 Å².